The van der Waals surface area contributed by atoms with E-state index in [0.717, 1.165) is 61.7 Å². The molecule has 3 fully saturated rings. The molecule has 82 heavy (non-hydrogen) atoms. The first kappa shape index (κ1) is 63.3. The molecule has 0 atom stereocenters. The Hall–Kier alpha value is -4.75. The molecular weight excluding hydrogens is 1300 g/mol. The summed E-state index contributed by atoms with van der Waals surface area (Å²) in [7, 11) is 5.44. The van der Waals surface area contributed by atoms with Crippen LogP contribution in [0.2, 0.25) is 0 Å². The number of rotatable bonds is 2. The molecule has 1 N–H and O–H groups in total. The minimum Gasteiger partial charge on any atom is -0.405 e. The molecule has 0 aliphatic carbocycles. The van der Waals surface area contributed by atoms with Gasteiger partial charge in [-0.15, -0.1) is 0 Å². The van der Waals surface area contributed by atoms with Crippen LogP contribution >= 0.6 is 63.7 Å². The summed E-state index contributed by atoms with van der Waals surface area (Å²) >= 11 is 13.8. The fraction of sp³-hybridized carbons (Fsp3) is 0.397. The van der Waals surface area contributed by atoms with E-state index in [1.165, 1.54) is 16.2 Å². The van der Waals surface area contributed by atoms with Crippen LogP contribution in [0.15, 0.2) is 140 Å². The lowest BCUT2D eigenvalue weighted by Gasteiger charge is -2.32. The lowest BCUT2D eigenvalue weighted by molar-refractivity contribution is 0.00578. The summed E-state index contributed by atoms with van der Waals surface area (Å²) in [6.45, 7) is 24.5. The molecule has 10 aromatic rings. The van der Waals surface area contributed by atoms with E-state index in [2.05, 4.69) is 128 Å². The average Bonchev–Trinajstić information content (AvgIpc) is 4.30. The zero-order chi connectivity index (χ0) is 61.0. The van der Waals surface area contributed by atoms with E-state index in [1.54, 1.807) is 6.20 Å². The van der Waals surface area contributed by atoms with Crippen LogP contribution in [0, 0.1) is 0 Å². The number of alkyl halides is 1. The molecule has 13 rings (SSSR count). The Balaban J connectivity index is 0.000000144. The van der Waals surface area contributed by atoms with Gasteiger partial charge in [-0.25, -0.2) is 0 Å². The molecule has 24 heteroatoms. The van der Waals surface area contributed by atoms with Crippen LogP contribution in [-0.2, 0) is 56.1 Å². The molecule has 16 nitrogen and oxygen atoms in total. The minimum absolute atomic E-state index is 0.321. The summed E-state index contributed by atoms with van der Waals surface area (Å²) in [5.41, 5.74) is 4.40. The van der Waals surface area contributed by atoms with Crippen LogP contribution < -0.4 is 5.46 Å². The van der Waals surface area contributed by atoms with Gasteiger partial charge >= 0.3 is 21.1 Å². The number of aromatic nitrogens is 10. The molecule has 3 aliphatic heterocycles. The normalized spacial score (nSPS) is 17.8. The second kappa shape index (κ2) is 25.8. The van der Waals surface area contributed by atoms with Gasteiger partial charge in [-0.05, 0) is 171 Å². The van der Waals surface area contributed by atoms with Crippen LogP contribution in [-0.4, -0.2) is 111 Å². The molecule has 434 valence electrons. The number of halogens is 5. The molecule has 0 radical (unpaired) electrons. The van der Waals surface area contributed by atoms with E-state index >= 15 is 0 Å². The molecule has 0 spiro atoms. The minimum atomic E-state index is -1.00. The molecule has 5 aromatic carbocycles. The Morgan fingerprint density at radius 2 is 0.817 bits per heavy atom. The number of para-hydroxylation sites is 4. The molecule has 5 aromatic heterocycles. The topological polar surface area (TPSA) is 155 Å². The summed E-state index contributed by atoms with van der Waals surface area (Å²) in [4.78, 5) is 0. The van der Waals surface area contributed by atoms with E-state index in [1.807, 2.05) is 212 Å². The van der Waals surface area contributed by atoms with Crippen LogP contribution in [0.5, 0.6) is 0 Å². The van der Waals surface area contributed by atoms with Gasteiger partial charge < -0.3 is 27.9 Å². The van der Waals surface area contributed by atoms with Gasteiger partial charge in [-0.1, -0.05) is 66.7 Å². The molecule has 0 bridgehead atoms. The van der Waals surface area contributed by atoms with Crippen molar-refractivity contribution in [2.75, 3.05) is 7.15 Å². The number of nitrogens with zero attached hydrogens (tertiary/aromatic N) is 9. The van der Waals surface area contributed by atoms with Gasteiger partial charge in [-0.3, -0.25) is 28.2 Å². The van der Waals surface area contributed by atoms with Gasteiger partial charge in [0.05, 0.1) is 89.0 Å². The van der Waals surface area contributed by atoms with Crippen molar-refractivity contribution in [3.8, 4) is 0 Å². The predicted octanol–water partition coefficient (Wildman–Crippen LogP) is 14.0. The maximum atomic E-state index is 9.96. The number of aromatic amines is 1. The first-order chi connectivity index (χ1) is 38.8. The van der Waals surface area contributed by atoms with Crippen molar-refractivity contribution < 1.29 is 33.7 Å². The van der Waals surface area contributed by atoms with E-state index in [0.29, 0.717) is 0 Å². The third kappa shape index (κ3) is 14.1. The quantitative estimate of drug-likeness (QED) is 0.164. The van der Waals surface area contributed by atoms with Crippen LogP contribution in [0.4, 0.5) is 4.39 Å². The second-order valence-corrected chi connectivity index (χ2v) is 26.3. The number of aryl methyl sites for hydroxylation is 4. The van der Waals surface area contributed by atoms with E-state index in [4.69, 9.17) is 29.3 Å². The Morgan fingerprint density at radius 3 is 1.23 bits per heavy atom. The zero-order valence-corrected chi connectivity index (χ0v) is 55.7. The average molecular weight is 1380 g/mol. The molecular formula is C58H72B3Br4FN10O6. The van der Waals surface area contributed by atoms with Crippen molar-refractivity contribution >= 4 is 145 Å². The summed E-state index contributed by atoms with van der Waals surface area (Å²) < 4.78 is 63.3. The molecule has 0 amide bonds. The molecule has 3 aliphatic rings. The molecule has 3 saturated heterocycles. The summed E-state index contributed by atoms with van der Waals surface area (Å²) in [6.07, 6.45) is 9.39. The summed E-state index contributed by atoms with van der Waals surface area (Å²) in [5, 5.41) is 29.4. The number of benzene rings is 5. The maximum Gasteiger partial charge on any atom is 0.497 e. The highest BCUT2D eigenvalue weighted by Crippen LogP contribution is 2.43. The van der Waals surface area contributed by atoms with Crippen molar-refractivity contribution in [1.82, 2.24) is 49.3 Å². The summed E-state index contributed by atoms with van der Waals surface area (Å²) in [5.74, 6) is 0. The van der Waals surface area contributed by atoms with E-state index in [9.17, 15) is 4.39 Å². The number of nitrogens with one attached hydrogen (secondary N) is 1. The third-order valence-electron chi connectivity index (χ3n) is 15.5. The van der Waals surface area contributed by atoms with Crippen molar-refractivity contribution in [3.63, 3.8) is 0 Å². The largest absolute Gasteiger partial charge is 0.497 e. The second-order valence-electron chi connectivity index (χ2n) is 22.8. The zero-order valence-electron chi connectivity index (χ0n) is 50.4. The third-order valence-corrected chi connectivity index (χ3v) is 18.1. The standard InChI is InChI=1S/C14H19BN2O2.C12H24B2O4.3C8H7BrN2.C7H5BrN2.CH3F/c1-13(2)14(3,4)19-15(18-13)11-8-6-7-10-9-16-17(5)12(10)11;1-9(2)10(3,4)16-13(15-9)14-17-11(5,6)12(7,8)18-14;1-11-5-6-3-2-4-7(9)8(6)10-11;2*1-11-8-6(5-10-11)3-2-4-7(8)9;8-6-3-1-2-5-4-9-10-7(5)6;1-2/h6-9H,1-5H3;1-8H3;3*2-5H,1H3;1-4H,(H,9,10);1H3/i;;;;;;1D. The van der Waals surface area contributed by atoms with Crippen molar-refractivity contribution in [1.29, 1.82) is 0 Å². The first-order valence-corrected chi connectivity index (χ1v) is 29.6. The highest BCUT2D eigenvalue weighted by Gasteiger charge is 2.63. The van der Waals surface area contributed by atoms with Gasteiger partial charge in [0.1, 0.15) is 5.52 Å². The van der Waals surface area contributed by atoms with Crippen LogP contribution in [0.25, 0.3) is 54.5 Å². The number of fused-ring (bicyclic) bond motifs is 5. The maximum absolute atomic E-state index is 9.96. The van der Waals surface area contributed by atoms with Crippen LogP contribution in [0.1, 0.15) is 84.5 Å². The molecule has 8 heterocycles. The van der Waals surface area contributed by atoms with Gasteiger partial charge in [-0.2, -0.15) is 25.5 Å². The van der Waals surface area contributed by atoms with E-state index in [-0.39, 0.29) is 40.7 Å². The smallest absolute Gasteiger partial charge is 0.405 e. The monoisotopic (exact) mass is 1370 g/mol. The highest BCUT2D eigenvalue weighted by atomic mass is 79.9. The Kier molecular flexibility index (Phi) is 19.9. The SMILES string of the molecule is Brc1cccc2cn[nH]c12.CC1(C)OB(B2OC(C)(C)C(C)(C)O2)OC1(C)C.Cn1cc2cccc(Br)c2n1.Cn1ncc2cccc(B3OC(C)(C)C(C)(C)O3)c21.Cn1ncc2cccc(Br)c21.Cn1ncc2cccc(Br)c21.[2H]CF. The van der Waals surface area contributed by atoms with E-state index < -0.39 is 21.2 Å². The number of hydrogen-bond donors (Lipinski definition) is 1. The predicted molar refractivity (Wildman–Crippen MR) is 345 cm³/mol. The lowest BCUT2D eigenvalue weighted by Crippen LogP contribution is -2.41. The fourth-order valence-corrected chi connectivity index (χ4v) is 11.1. The summed E-state index contributed by atoms with van der Waals surface area (Å²) in [6, 6.07) is 30.3. The van der Waals surface area contributed by atoms with Crippen molar-refractivity contribution in [2.45, 2.75) is 117 Å². The Bertz CT molecular complexity index is 3650. The Labute approximate surface area is 516 Å². The number of hydrogen-bond acceptors (Lipinski definition) is 11. The Morgan fingerprint density at radius 1 is 0.463 bits per heavy atom. The van der Waals surface area contributed by atoms with Gasteiger partial charge in [0.2, 0.25) is 0 Å². The molecule has 0 saturated carbocycles. The fourth-order valence-electron chi connectivity index (χ4n) is 8.85. The van der Waals surface area contributed by atoms with Crippen molar-refractivity contribution in [2.24, 2.45) is 28.2 Å². The lowest BCUT2D eigenvalue weighted by atomic mass is 9.49. The van der Waals surface area contributed by atoms with Gasteiger partial charge in [0.15, 0.2) is 0 Å². The highest BCUT2D eigenvalue weighted by molar-refractivity contribution is 9.11. The number of H-pyrrole nitrogens is 1. The van der Waals surface area contributed by atoms with Gasteiger partial charge in [0, 0.05) is 84.7 Å². The first-order valence-electron chi connectivity index (χ1n) is 27.2. The van der Waals surface area contributed by atoms with Crippen LogP contribution in [0.3, 0.4) is 0 Å². The molecule has 0 unspecified atom stereocenters. The van der Waals surface area contributed by atoms with Crippen molar-refractivity contribution in [3.05, 3.63) is 140 Å². The van der Waals surface area contributed by atoms with Gasteiger partial charge in [0.25, 0.3) is 0 Å².